The molecule has 4 atom stereocenters. The van der Waals surface area contributed by atoms with Crippen LogP contribution in [0.3, 0.4) is 0 Å². The van der Waals surface area contributed by atoms with Crippen molar-refractivity contribution in [2.45, 2.75) is 51.5 Å². The van der Waals surface area contributed by atoms with Crippen molar-refractivity contribution < 1.29 is 9.47 Å². The number of methoxy groups -OCH3 is 1. The Morgan fingerprint density at radius 3 is 2.79 bits per heavy atom. The lowest BCUT2D eigenvalue weighted by molar-refractivity contribution is -0.134. The number of ether oxygens (including phenoxy) is 2. The first kappa shape index (κ1) is 15.0. The van der Waals surface area contributed by atoms with Gasteiger partial charge < -0.3 is 14.8 Å². The Morgan fingerprint density at radius 1 is 1.47 bits per heavy atom. The molecule has 1 aromatic heterocycles. The molecule has 4 heteroatoms. The molecule has 1 saturated carbocycles. The molecule has 2 rings (SSSR count). The van der Waals surface area contributed by atoms with Crippen LogP contribution in [0.15, 0.2) is 17.5 Å². The number of hydrogen-bond acceptors (Lipinski definition) is 4. The van der Waals surface area contributed by atoms with Crippen molar-refractivity contribution in [3.63, 3.8) is 0 Å². The Labute approximate surface area is 120 Å². The smallest absolute Gasteiger partial charge is 0.0987 e. The van der Waals surface area contributed by atoms with Gasteiger partial charge in [-0.25, -0.2) is 0 Å². The van der Waals surface area contributed by atoms with E-state index in [1.807, 2.05) is 18.3 Å². The van der Waals surface area contributed by atoms with E-state index >= 15 is 0 Å². The molecule has 1 aromatic rings. The van der Waals surface area contributed by atoms with E-state index in [1.165, 1.54) is 4.88 Å². The number of hydrogen-bond donors (Lipinski definition) is 1. The Morgan fingerprint density at radius 2 is 2.26 bits per heavy atom. The minimum atomic E-state index is 0.182. The highest BCUT2D eigenvalue weighted by atomic mass is 32.1. The molecule has 0 saturated heterocycles. The molecule has 1 N–H and O–H groups in total. The first-order valence-electron chi connectivity index (χ1n) is 7.11. The maximum absolute atomic E-state index is 5.68. The normalized spacial score (nSPS) is 28.4. The van der Waals surface area contributed by atoms with E-state index in [9.17, 15) is 0 Å². The van der Waals surface area contributed by atoms with E-state index in [-0.39, 0.29) is 12.2 Å². The van der Waals surface area contributed by atoms with Crippen LogP contribution in [-0.2, 0) is 9.47 Å². The third-order valence-electron chi connectivity index (χ3n) is 3.81. The van der Waals surface area contributed by atoms with Gasteiger partial charge in [-0.05, 0) is 30.7 Å². The first-order chi connectivity index (χ1) is 9.17. The minimum Gasteiger partial charge on any atom is -0.377 e. The van der Waals surface area contributed by atoms with Crippen LogP contribution in [0.25, 0.3) is 0 Å². The maximum atomic E-state index is 5.68. The fourth-order valence-corrected chi connectivity index (χ4v) is 3.70. The molecule has 0 spiro atoms. The van der Waals surface area contributed by atoms with Crippen LogP contribution in [0, 0.1) is 5.92 Å². The third kappa shape index (κ3) is 3.37. The second kappa shape index (κ2) is 6.84. The molecule has 0 amide bonds. The van der Waals surface area contributed by atoms with E-state index in [2.05, 4.69) is 36.7 Å². The third-order valence-corrected chi connectivity index (χ3v) is 4.77. The molecule has 0 aliphatic heterocycles. The average Bonchev–Trinajstić information content (AvgIpc) is 2.86. The summed E-state index contributed by atoms with van der Waals surface area (Å²) in [5, 5.41) is 5.89. The predicted molar refractivity (Wildman–Crippen MR) is 79.6 cm³/mol. The topological polar surface area (TPSA) is 30.5 Å². The van der Waals surface area contributed by atoms with Gasteiger partial charge in [0.2, 0.25) is 0 Å². The first-order valence-corrected chi connectivity index (χ1v) is 7.99. The lowest BCUT2D eigenvalue weighted by Gasteiger charge is -2.45. The molecule has 0 aromatic carbocycles. The monoisotopic (exact) mass is 283 g/mol. The summed E-state index contributed by atoms with van der Waals surface area (Å²) < 4.78 is 11.3. The second-order valence-corrected chi connectivity index (χ2v) is 6.42. The molecular weight excluding hydrogens is 258 g/mol. The SMILES string of the molecule is CCOC1CC(NC(c2cccs2)C(C)C)C1OC. The Bertz CT molecular complexity index is 366. The highest BCUT2D eigenvalue weighted by Gasteiger charge is 2.43. The van der Waals surface area contributed by atoms with Gasteiger partial charge in [-0.15, -0.1) is 11.3 Å². The van der Waals surface area contributed by atoms with Crippen LogP contribution in [-0.4, -0.2) is 32.0 Å². The quantitative estimate of drug-likeness (QED) is 0.833. The summed E-state index contributed by atoms with van der Waals surface area (Å²) in [5.41, 5.74) is 0. The van der Waals surface area contributed by atoms with E-state index in [4.69, 9.17) is 9.47 Å². The van der Waals surface area contributed by atoms with Gasteiger partial charge in [0.05, 0.1) is 12.2 Å². The Kier molecular flexibility index (Phi) is 5.39. The van der Waals surface area contributed by atoms with Gasteiger partial charge in [0.15, 0.2) is 0 Å². The van der Waals surface area contributed by atoms with Crippen molar-refractivity contribution >= 4 is 11.3 Å². The van der Waals surface area contributed by atoms with Crippen LogP contribution in [0.1, 0.15) is 38.1 Å². The van der Waals surface area contributed by atoms with E-state index in [1.54, 1.807) is 7.11 Å². The van der Waals surface area contributed by atoms with E-state index < -0.39 is 0 Å². The summed E-state index contributed by atoms with van der Waals surface area (Å²) in [6.07, 6.45) is 1.48. The molecule has 108 valence electrons. The zero-order chi connectivity index (χ0) is 13.8. The molecule has 0 bridgehead atoms. The average molecular weight is 283 g/mol. The van der Waals surface area contributed by atoms with Crippen LogP contribution in [0.5, 0.6) is 0 Å². The fraction of sp³-hybridized carbons (Fsp3) is 0.733. The lowest BCUT2D eigenvalue weighted by Crippen LogP contribution is -2.60. The van der Waals surface area contributed by atoms with E-state index in [0.29, 0.717) is 18.0 Å². The highest BCUT2D eigenvalue weighted by molar-refractivity contribution is 7.10. The van der Waals surface area contributed by atoms with Crippen LogP contribution < -0.4 is 5.32 Å². The Hall–Kier alpha value is -0.420. The van der Waals surface area contributed by atoms with Crippen molar-refractivity contribution in [2.24, 2.45) is 5.92 Å². The highest BCUT2D eigenvalue weighted by Crippen LogP contribution is 2.32. The summed E-state index contributed by atoms with van der Waals surface area (Å²) in [7, 11) is 1.78. The van der Waals surface area contributed by atoms with Gasteiger partial charge in [0, 0.05) is 30.7 Å². The Balaban J connectivity index is 1.96. The summed E-state index contributed by atoms with van der Waals surface area (Å²) in [4.78, 5) is 1.41. The van der Waals surface area contributed by atoms with Gasteiger partial charge in [0.25, 0.3) is 0 Å². The zero-order valence-electron chi connectivity index (χ0n) is 12.3. The van der Waals surface area contributed by atoms with Gasteiger partial charge in [0.1, 0.15) is 0 Å². The molecule has 19 heavy (non-hydrogen) atoms. The number of rotatable bonds is 7. The van der Waals surface area contributed by atoms with Crippen LogP contribution in [0.4, 0.5) is 0 Å². The zero-order valence-corrected chi connectivity index (χ0v) is 13.1. The minimum absolute atomic E-state index is 0.182. The molecular formula is C15H25NO2S. The molecule has 1 aliphatic carbocycles. The summed E-state index contributed by atoms with van der Waals surface area (Å²) in [6.45, 7) is 7.32. The van der Waals surface area contributed by atoms with Gasteiger partial charge in [-0.3, -0.25) is 0 Å². The predicted octanol–water partition coefficient (Wildman–Crippen LogP) is 3.23. The van der Waals surface area contributed by atoms with Gasteiger partial charge >= 0.3 is 0 Å². The summed E-state index contributed by atoms with van der Waals surface area (Å²) in [6, 6.07) is 5.14. The standard InChI is InChI=1S/C15H25NO2S/c1-5-18-12-9-11(15(12)17-4)16-14(10(2)3)13-7-6-8-19-13/h6-8,10-12,14-16H,5,9H2,1-4H3. The molecule has 0 radical (unpaired) electrons. The molecule has 1 fully saturated rings. The molecule has 3 nitrogen and oxygen atoms in total. The lowest BCUT2D eigenvalue weighted by atomic mass is 9.83. The van der Waals surface area contributed by atoms with Gasteiger partial charge in [-0.1, -0.05) is 19.9 Å². The molecule has 4 unspecified atom stereocenters. The van der Waals surface area contributed by atoms with Crippen molar-refractivity contribution in [1.82, 2.24) is 5.32 Å². The summed E-state index contributed by atoms with van der Waals surface area (Å²) >= 11 is 1.82. The maximum Gasteiger partial charge on any atom is 0.0987 e. The van der Waals surface area contributed by atoms with Crippen LogP contribution in [0.2, 0.25) is 0 Å². The van der Waals surface area contributed by atoms with Crippen molar-refractivity contribution in [2.75, 3.05) is 13.7 Å². The van der Waals surface area contributed by atoms with E-state index in [0.717, 1.165) is 13.0 Å². The van der Waals surface area contributed by atoms with Crippen LogP contribution >= 0.6 is 11.3 Å². The van der Waals surface area contributed by atoms with Gasteiger partial charge in [-0.2, -0.15) is 0 Å². The van der Waals surface area contributed by atoms with Crippen molar-refractivity contribution in [3.8, 4) is 0 Å². The second-order valence-electron chi connectivity index (χ2n) is 5.44. The number of thiophene rings is 1. The fourth-order valence-electron chi connectivity index (χ4n) is 2.74. The largest absolute Gasteiger partial charge is 0.377 e. The molecule has 1 heterocycles. The van der Waals surface area contributed by atoms with Crippen molar-refractivity contribution in [1.29, 1.82) is 0 Å². The van der Waals surface area contributed by atoms with Crippen molar-refractivity contribution in [3.05, 3.63) is 22.4 Å². The summed E-state index contributed by atoms with van der Waals surface area (Å²) in [5.74, 6) is 0.572. The molecule has 1 aliphatic rings. The number of nitrogens with one attached hydrogen (secondary N) is 1.